The minimum atomic E-state index is -0.224. The van der Waals surface area contributed by atoms with Gasteiger partial charge in [-0.15, -0.1) is 0 Å². The number of likely N-dealkylation sites (tertiary alicyclic amines) is 1. The van der Waals surface area contributed by atoms with Crippen molar-refractivity contribution in [3.05, 3.63) is 59.5 Å². The summed E-state index contributed by atoms with van der Waals surface area (Å²) in [5, 5.41) is 15.3. The van der Waals surface area contributed by atoms with Crippen LogP contribution in [0.1, 0.15) is 23.3 Å². The molecule has 1 atom stereocenters. The molecule has 128 valence electrons. The van der Waals surface area contributed by atoms with E-state index in [-0.39, 0.29) is 12.1 Å². The van der Waals surface area contributed by atoms with E-state index in [0.29, 0.717) is 19.6 Å². The Bertz CT molecular complexity index is 657. The van der Waals surface area contributed by atoms with Crippen molar-refractivity contribution in [3.63, 3.8) is 0 Å². The zero-order chi connectivity index (χ0) is 16.8. The maximum atomic E-state index is 11.9. The van der Waals surface area contributed by atoms with Gasteiger partial charge in [0.05, 0.1) is 18.9 Å². The molecular formula is C18H23N3O3. The van der Waals surface area contributed by atoms with Gasteiger partial charge >= 0.3 is 6.03 Å². The molecular weight excluding hydrogens is 306 g/mol. The number of amides is 2. The van der Waals surface area contributed by atoms with Gasteiger partial charge in [-0.25, -0.2) is 4.79 Å². The third kappa shape index (κ3) is 4.59. The molecule has 2 amide bonds. The van der Waals surface area contributed by atoms with E-state index >= 15 is 0 Å². The molecule has 6 nitrogen and oxygen atoms in total. The van der Waals surface area contributed by atoms with Crippen LogP contribution in [0.5, 0.6) is 0 Å². The topological polar surface area (TPSA) is 77.7 Å². The molecule has 2 heterocycles. The first-order valence-electron chi connectivity index (χ1n) is 8.22. The molecule has 2 aromatic rings. The van der Waals surface area contributed by atoms with Gasteiger partial charge in [-0.1, -0.05) is 24.3 Å². The van der Waals surface area contributed by atoms with Gasteiger partial charge in [0.15, 0.2) is 0 Å². The lowest BCUT2D eigenvalue weighted by molar-refractivity contribution is 0.174. The molecule has 1 aliphatic rings. The van der Waals surface area contributed by atoms with Gasteiger partial charge in [-0.05, 0) is 29.7 Å². The Balaban J connectivity index is 1.50. The fourth-order valence-electron chi connectivity index (χ4n) is 2.90. The van der Waals surface area contributed by atoms with Crippen LogP contribution < -0.4 is 10.6 Å². The van der Waals surface area contributed by atoms with Crippen LogP contribution in [0.25, 0.3) is 0 Å². The second-order valence-corrected chi connectivity index (χ2v) is 6.06. The summed E-state index contributed by atoms with van der Waals surface area (Å²) in [4.78, 5) is 14.1. The standard InChI is InChI=1S/C18H23N3O3/c22-16-7-8-21(13-16)12-15-5-2-1-4-14(15)10-19-18(23)20-11-17-6-3-9-24-17/h1-6,9,16,22H,7-8,10-13H2,(H2,19,20,23)/t16-/m1/s1. The van der Waals surface area contributed by atoms with E-state index in [1.807, 2.05) is 24.3 Å². The van der Waals surface area contributed by atoms with Crippen LogP contribution >= 0.6 is 0 Å². The monoisotopic (exact) mass is 329 g/mol. The number of carbonyl (C=O) groups is 1. The average Bonchev–Trinajstić information content (AvgIpc) is 3.24. The van der Waals surface area contributed by atoms with Gasteiger partial charge in [-0.2, -0.15) is 0 Å². The number of benzene rings is 1. The fourth-order valence-corrected chi connectivity index (χ4v) is 2.90. The van der Waals surface area contributed by atoms with Crippen molar-refractivity contribution in [1.29, 1.82) is 0 Å². The fraction of sp³-hybridized carbons (Fsp3) is 0.389. The number of hydrogen-bond donors (Lipinski definition) is 3. The van der Waals surface area contributed by atoms with Crippen LogP contribution in [0.4, 0.5) is 4.79 Å². The second-order valence-electron chi connectivity index (χ2n) is 6.06. The molecule has 1 aliphatic heterocycles. The van der Waals surface area contributed by atoms with Crippen LogP contribution in [-0.4, -0.2) is 35.2 Å². The van der Waals surface area contributed by atoms with Gasteiger partial charge in [0.2, 0.25) is 0 Å². The highest BCUT2D eigenvalue weighted by Gasteiger charge is 2.20. The van der Waals surface area contributed by atoms with Crippen LogP contribution in [-0.2, 0) is 19.6 Å². The number of β-amino-alcohol motifs (C(OH)–C–C–N with tert-alkyl or cyclic N) is 1. The average molecular weight is 329 g/mol. The zero-order valence-corrected chi connectivity index (χ0v) is 13.6. The molecule has 0 unspecified atom stereocenters. The van der Waals surface area contributed by atoms with Crippen molar-refractivity contribution in [2.45, 2.75) is 32.2 Å². The van der Waals surface area contributed by atoms with E-state index in [0.717, 1.165) is 30.8 Å². The summed E-state index contributed by atoms with van der Waals surface area (Å²) in [6, 6.07) is 11.5. The number of nitrogens with one attached hydrogen (secondary N) is 2. The zero-order valence-electron chi connectivity index (χ0n) is 13.6. The molecule has 6 heteroatoms. The van der Waals surface area contributed by atoms with Crippen LogP contribution in [0, 0.1) is 0 Å². The van der Waals surface area contributed by atoms with E-state index < -0.39 is 0 Å². The van der Waals surface area contributed by atoms with Crippen molar-refractivity contribution >= 4 is 6.03 Å². The molecule has 1 aromatic heterocycles. The molecule has 0 bridgehead atoms. The van der Waals surface area contributed by atoms with E-state index in [2.05, 4.69) is 21.6 Å². The Labute approximate surface area is 141 Å². The lowest BCUT2D eigenvalue weighted by Crippen LogP contribution is -2.34. The summed E-state index contributed by atoms with van der Waals surface area (Å²) < 4.78 is 5.18. The summed E-state index contributed by atoms with van der Waals surface area (Å²) in [6.45, 7) is 3.25. The Morgan fingerprint density at radius 1 is 1.17 bits per heavy atom. The summed E-state index contributed by atoms with van der Waals surface area (Å²) >= 11 is 0. The highest BCUT2D eigenvalue weighted by Crippen LogP contribution is 2.16. The minimum absolute atomic E-state index is 0.220. The largest absolute Gasteiger partial charge is 0.467 e. The van der Waals surface area contributed by atoms with E-state index in [4.69, 9.17) is 4.42 Å². The summed E-state index contributed by atoms with van der Waals surface area (Å²) in [5.74, 6) is 0.721. The van der Waals surface area contributed by atoms with Crippen LogP contribution in [0.2, 0.25) is 0 Å². The minimum Gasteiger partial charge on any atom is -0.467 e. The first-order chi connectivity index (χ1) is 11.7. The van der Waals surface area contributed by atoms with E-state index in [1.165, 1.54) is 5.56 Å². The molecule has 24 heavy (non-hydrogen) atoms. The van der Waals surface area contributed by atoms with Crippen molar-refractivity contribution in [3.8, 4) is 0 Å². The molecule has 0 spiro atoms. The molecule has 1 saturated heterocycles. The molecule has 1 fully saturated rings. The first kappa shape index (κ1) is 16.5. The summed E-state index contributed by atoms with van der Waals surface area (Å²) in [6.07, 6.45) is 2.19. The van der Waals surface area contributed by atoms with Gasteiger partial charge in [-0.3, -0.25) is 4.90 Å². The number of carbonyl (C=O) groups excluding carboxylic acids is 1. The predicted octanol–water partition coefficient (Wildman–Crippen LogP) is 1.85. The predicted molar refractivity (Wildman–Crippen MR) is 90.1 cm³/mol. The second kappa shape index (κ2) is 7.99. The quantitative estimate of drug-likeness (QED) is 0.756. The molecule has 0 radical (unpaired) electrons. The third-order valence-corrected chi connectivity index (χ3v) is 4.20. The third-order valence-electron chi connectivity index (χ3n) is 4.20. The number of aliphatic hydroxyl groups excluding tert-OH is 1. The highest BCUT2D eigenvalue weighted by molar-refractivity contribution is 5.73. The smallest absolute Gasteiger partial charge is 0.315 e. The Morgan fingerprint density at radius 2 is 1.96 bits per heavy atom. The van der Waals surface area contributed by atoms with E-state index in [9.17, 15) is 9.90 Å². The van der Waals surface area contributed by atoms with Gasteiger partial charge in [0, 0.05) is 26.2 Å². The molecule has 1 aromatic carbocycles. The Morgan fingerprint density at radius 3 is 2.67 bits per heavy atom. The van der Waals surface area contributed by atoms with Gasteiger partial charge < -0.3 is 20.2 Å². The Kier molecular flexibility index (Phi) is 5.51. The van der Waals surface area contributed by atoms with Crippen molar-refractivity contribution in [2.24, 2.45) is 0 Å². The number of furan rings is 1. The molecule has 3 N–H and O–H groups in total. The lowest BCUT2D eigenvalue weighted by Gasteiger charge is -2.18. The maximum absolute atomic E-state index is 11.9. The number of urea groups is 1. The number of rotatable bonds is 6. The molecule has 3 rings (SSSR count). The molecule has 0 aliphatic carbocycles. The lowest BCUT2D eigenvalue weighted by atomic mass is 10.1. The Hall–Kier alpha value is -2.31. The van der Waals surface area contributed by atoms with Crippen molar-refractivity contribution in [2.75, 3.05) is 13.1 Å². The number of aliphatic hydroxyl groups is 1. The van der Waals surface area contributed by atoms with Crippen molar-refractivity contribution < 1.29 is 14.3 Å². The first-order valence-corrected chi connectivity index (χ1v) is 8.22. The number of nitrogens with zero attached hydrogens (tertiary/aromatic N) is 1. The number of hydrogen-bond acceptors (Lipinski definition) is 4. The maximum Gasteiger partial charge on any atom is 0.315 e. The molecule has 0 saturated carbocycles. The normalized spacial score (nSPS) is 17.8. The summed E-state index contributed by atoms with van der Waals surface area (Å²) in [5.41, 5.74) is 2.27. The van der Waals surface area contributed by atoms with Gasteiger partial charge in [0.25, 0.3) is 0 Å². The van der Waals surface area contributed by atoms with Crippen molar-refractivity contribution in [1.82, 2.24) is 15.5 Å². The van der Waals surface area contributed by atoms with E-state index in [1.54, 1.807) is 12.3 Å². The van der Waals surface area contributed by atoms with Crippen LogP contribution in [0.3, 0.4) is 0 Å². The highest BCUT2D eigenvalue weighted by atomic mass is 16.3. The summed E-state index contributed by atoms with van der Waals surface area (Å²) in [7, 11) is 0. The van der Waals surface area contributed by atoms with Gasteiger partial charge in [0.1, 0.15) is 5.76 Å². The van der Waals surface area contributed by atoms with Crippen LogP contribution in [0.15, 0.2) is 47.1 Å². The SMILES string of the molecule is O=C(NCc1ccco1)NCc1ccccc1CN1CC[C@@H](O)C1.